The monoisotopic (exact) mass is 293 g/mol. The first-order chi connectivity index (χ1) is 9.13. The molecule has 0 amide bonds. The van der Waals surface area contributed by atoms with Gasteiger partial charge in [0.2, 0.25) is 5.52 Å². The van der Waals surface area contributed by atoms with Crippen LogP contribution in [0.2, 0.25) is 18.1 Å². The van der Waals surface area contributed by atoms with Gasteiger partial charge in [0.15, 0.2) is 0 Å². The standard InChI is InChI=1S/C14H19NO4Si/c1-14(2,3)20(4,5)19-12-8-6-7-11-10(12)9-18-13(16)15(11)17/h6-9H,1-5H3. The molecule has 0 saturated heterocycles. The molecule has 108 valence electrons. The zero-order valence-electron chi connectivity index (χ0n) is 12.4. The Kier molecular flexibility index (Phi) is 3.37. The van der Waals surface area contributed by atoms with Gasteiger partial charge in [0.05, 0.1) is 0 Å². The number of hydrogen-bond donors (Lipinski definition) is 0. The van der Waals surface area contributed by atoms with E-state index >= 15 is 0 Å². The first-order valence-corrected chi connectivity index (χ1v) is 9.37. The van der Waals surface area contributed by atoms with Gasteiger partial charge in [-0.2, -0.15) is 4.79 Å². The lowest BCUT2D eigenvalue weighted by atomic mass is 10.2. The van der Waals surface area contributed by atoms with E-state index in [2.05, 4.69) is 33.9 Å². The van der Waals surface area contributed by atoms with Crippen molar-refractivity contribution < 1.29 is 13.6 Å². The largest absolute Gasteiger partial charge is 0.613 e. The summed E-state index contributed by atoms with van der Waals surface area (Å²) in [7, 11) is -2.03. The minimum Gasteiger partial charge on any atom is -0.613 e. The molecular weight excluding hydrogens is 274 g/mol. The second kappa shape index (κ2) is 4.62. The van der Waals surface area contributed by atoms with Crippen molar-refractivity contribution in [1.82, 2.24) is 0 Å². The highest BCUT2D eigenvalue weighted by molar-refractivity contribution is 6.74. The summed E-state index contributed by atoms with van der Waals surface area (Å²) >= 11 is 0. The van der Waals surface area contributed by atoms with Gasteiger partial charge in [0.1, 0.15) is 17.4 Å². The Hall–Kier alpha value is -1.82. The molecule has 0 fully saturated rings. The number of hydrogen-bond acceptors (Lipinski definition) is 4. The second-order valence-electron chi connectivity index (χ2n) is 6.35. The lowest BCUT2D eigenvalue weighted by Gasteiger charge is -2.36. The van der Waals surface area contributed by atoms with E-state index in [4.69, 9.17) is 8.84 Å². The minimum absolute atomic E-state index is 0.0399. The van der Waals surface area contributed by atoms with Gasteiger partial charge in [0.25, 0.3) is 8.32 Å². The number of fused-ring (bicyclic) bond motifs is 1. The number of benzene rings is 1. The predicted molar refractivity (Wildman–Crippen MR) is 79.3 cm³/mol. The van der Waals surface area contributed by atoms with E-state index in [9.17, 15) is 10.0 Å². The first kappa shape index (κ1) is 14.6. The van der Waals surface area contributed by atoms with E-state index in [1.807, 2.05) is 0 Å². The van der Waals surface area contributed by atoms with Crippen LogP contribution >= 0.6 is 0 Å². The summed E-state index contributed by atoms with van der Waals surface area (Å²) in [5, 5.41) is 12.3. The number of nitrogens with zero attached hydrogens (tertiary/aromatic N) is 1. The Morgan fingerprint density at radius 3 is 2.55 bits per heavy atom. The van der Waals surface area contributed by atoms with Gasteiger partial charge in [-0.25, -0.2) is 0 Å². The van der Waals surface area contributed by atoms with Crippen molar-refractivity contribution in [2.45, 2.75) is 38.9 Å². The molecule has 6 heteroatoms. The molecule has 0 aliphatic carbocycles. The summed E-state index contributed by atoms with van der Waals surface area (Å²) in [5.74, 6) is -0.343. The highest BCUT2D eigenvalue weighted by Gasteiger charge is 2.39. The zero-order chi connectivity index (χ0) is 15.1. The molecule has 20 heavy (non-hydrogen) atoms. The highest BCUT2D eigenvalue weighted by atomic mass is 28.4. The van der Waals surface area contributed by atoms with E-state index in [0.29, 0.717) is 11.1 Å². The van der Waals surface area contributed by atoms with E-state index in [0.717, 1.165) is 0 Å². The maximum absolute atomic E-state index is 11.7. The van der Waals surface area contributed by atoms with Gasteiger partial charge in [0, 0.05) is 6.07 Å². The van der Waals surface area contributed by atoms with E-state index < -0.39 is 14.1 Å². The Morgan fingerprint density at radius 2 is 1.95 bits per heavy atom. The van der Waals surface area contributed by atoms with Crippen LogP contribution in [0, 0.1) is 5.21 Å². The topological polar surface area (TPSA) is 66.4 Å². The van der Waals surface area contributed by atoms with Crippen molar-refractivity contribution in [3.8, 4) is 5.75 Å². The van der Waals surface area contributed by atoms with Gasteiger partial charge in [-0.1, -0.05) is 31.6 Å². The molecule has 1 aromatic carbocycles. The molecule has 0 aliphatic heterocycles. The van der Waals surface area contributed by atoms with E-state index in [1.54, 1.807) is 18.2 Å². The van der Waals surface area contributed by atoms with Crippen molar-refractivity contribution in [3.63, 3.8) is 0 Å². The first-order valence-electron chi connectivity index (χ1n) is 6.46. The van der Waals surface area contributed by atoms with Gasteiger partial charge in [-0.15, -0.1) is 0 Å². The molecular formula is C14H19NO4Si. The Balaban J connectivity index is 2.57. The van der Waals surface area contributed by atoms with Gasteiger partial charge in [-0.3, -0.25) is 0 Å². The molecule has 0 radical (unpaired) electrons. The average molecular weight is 293 g/mol. The van der Waals surface area contributed by atoms with Crippen LogP contribution in [0.5, 0.6) is 5.75 Å². The fraction of sp³-hybridized carbons (Fsp3) is 0.429. The van der Waals surface area contributed by atoms with Crippen LogP contribution in [0.3, 0.4) is 0 Å². The number of aromatic nitrogens is 1. The molecule has 1 aromatic heterocycles. The average Bonchev–Trinajstić information content (AvgIpc) is 2.32. The van der Waals surface area contributed by atoms with E-state index in [-0.39, 0.29) is 15.3 Å². The van der Waals surface area contributed by atoms with Crippen LogP contribution in [0.1, 0.15) is 20.8 Å². The van der Waals surface area contributed by atoms with E-state index in [1.165, 1.54) is 6.26 Å². The Labute approximate surface area is 118 Å². The molecule has 1 heterocycles. The second-order valence-corrected chi connectivity index (χ2v) is 11.1. The molecule has 2 aromatic rings. The highest BCUT2D eigenvalue weighted by Crippen LogP contribution is 2.38. The summed E-state index contributed by atoms with van der Waals surface area (Å²) in [6, 6.07) is 5.08. The molecule has 0 atom stereocenters. The third-order valence-corrected chi connectivity index (χ3v) is 8.22. The lowest BCUT2D eigenvalue weighted by Crippen LogP contribution is -2.45. The third kappa shape index (κ3) is 2.43. The SMILES string of the molecule is CC(C)(C)[Si](C)(C)Oc1cccc2c1coc(=O)[n+]2[O-]. The molecule has 2 rings (SSSR count). The molecule has 5 nitrogen and oxygen atoms in total. The lowest BCUT2D eigenvalue weighted by molar-refractivity contribution is -0.607. The molecule has 0 saturated carbocycles. The molecule has 0 spiro atoms. The minimum atomic E-state index is -2.03. The van der Waals surface area contributed by atoms with Gasteiger partial charge < -0.3 is 14.1 Å². The molecule has 0 N–H and O–H groups in total. The quantitative estimate of drug-likeness (QED) is 0.485. The fourth-order valence-electron chi connectivity index (χ4n) is 1.60. The normalized spacial score (nSPS) is 12.7. The summed E-state index contributed by atoms with van der Waals surface area (Å²) in [6.45, 7) is 10.7. The van der Waals surface area contributed by atoms with Crippen molar-refractivity contribution >= 4 is 19.2 Å². The van der Waals surface area contributed by atoms with Gasteiger partial charge in [-0.05, 0) is 24.2 Å². The summed E-state index contributed by atoms with van der Waals surface area (Å²) in [5.41, 5.74) is 0.262. The summed E-state index contributed by atoms with van der Waals surface area (Å²) in [4.78, 5) is 11.2. The summed E-state index contributed by atoms with van der Waals surface area (Å²) in [6.07, 6.45) is 1.29. The molecule has 0 unspecified atom stereocenters. The van der Waals surface area contributed by atoms with Gasteiger partial charge >= 0.3 is 5.76 Å². The Bertz CT molecular complexity index is 700. The van der Waals surface area contributed by atoms with Crippen molar-refractivity contribution in [1.29, 1.82) is 0 Å². The maximum atomic E-state index is 11.7. The van der Waals surface area contributed by atoms with Crippen molar-refractivity contribution in [3.05, 3.63) is 40.2 Å². The predicted octanol–water partition coefficient (Wildman–Crippen LogP) is 2.81. The molecule has 0 bridgehead atoms. The third-order valence-electron chi connectivity index (χ3n) is 3.88. The van der Waals surface area contributed by atoms with Crippen LogP contribution in [0.15, 0.2) is 33.7 Å². The van der Waals surface area contributed by atoms with Crippen LogP contribution in [-0.4, -0.2) is 8.32 Å². The van der Waals surface area contributed by atoms with Crippen molar-refractivity contribution in [2.24, 2.45) is 0 Å². The Morgan fingerprint density at radius 1 is 1.30 bits per heavy atom. The zero-order valence-corrected chi connectivity index (χ0v) is 13.4. The van der Waals surface area contributed by atoms with Crippen LogP contribution in [-0.2, 0) is 0 Å². The molecule has 0 aliphatic rings. The fourth-order valence-corrected chi connectivity index (χ4v) is 2.63. The van der Waals surface area contributed by atoms with Crippen LogP contribution in [0.4, 0.5) is 0 Å². The summed E-state index contributed by atoms with van der Waals surface area (Å²) < 4.78 is 11.2. The van der Waals surface area contributed by atoms with Crippen LogP contribution in [0.25, 0.3) is 10.9 Å². The maximum Gasteiger partial charge on any atom is 0.613 e. The smallest absolute Gasteiger partial charge is 0.613 e. The number of rotatable bonds is 2. The van der Waals surface area contributed by atoms with Crippen LogP contribution < -0.4 is 14.9 Å². The van der Waals surface area contributed by atoms with Crippen molar-refractivity contribution in [2.75, 3.05) is 0 Å².